The van der Waals surface area contributed by atoms with Gasteiger partial charge in [-0.2, -0.15) is 18.2 Å². The van der Waals surface area contributed by atoms with Crippen LogP contribution in [-0.2, 0) is 11.2 Å². The molecule has 0 saturated heterocycles. The van der Waals surface area contributed by atoms with Crippen LogP contribution in [0.3, 0.4) is 0 Å². The lowest BCUT2D eigenvalue weighted by Gasteiger charge is -2.07. The van der Waals surface area contributed by atoms with Crippen LogP contribution < -0.4 is 5.32 Å². The predicted molar refractivity (Wildman–Crippen MR) is 47.7 cm³/mol. The molecule has 0 atom stereocenters. The van der Waals surface area contributed by atoms with Gasteiger partial charge in [-0.15, -0.1) is 0 Å². The number of nitrogens with zero attached hydrogens (tertiary/aromatic N) is 2. The fourth-order valence-corrected chi connectivity index (χ4v) is 0.960. The smallest absolute Gasteiger partial charge is 0.371 e. The second kappa shape index (κ2) is 6.44. The van der Waals surface area contributed by atoms with Gasteiger partial charge in [0.1, 0.15) is 6.61 Å². The van der Waals surface area contributed by atoms with Crippen molar-refractivity contribution in [1.82, 2.24) is 15.5 Å². The molecule has 1 aromatic rings. The summed E-state index contributed by atoms with van der Waals surface area (Å²) in [5, 5.41) is 6.47. The van der Waals surface area contributed by atoms with Gasteiger partial charge in [-0.3, -0.25) is 0 Å². The van der Waals surface area contributed by atoms with Crippen LogP contribution in [0.4, 0.5) is 13.2 Å². The Kier molecular flexibility index (Phi) is 5.20. The summed E-state index contributed by atoms with van der Waals surface area (Å²) in [6.07, 6.45) is -2.47. The second-order valence-electron chi connectivity index (χ2n) is 3.02. The molecular formula is C8H12F3N3O2. The monoisotopic (exact) mass is 239 g/mol. The number of hydrogen-bond acceptors (Lipinski definition) is 5. The zero-order valence-corrected chi connectivity index (χ0v) is 8.46. The van der Waals surface area contributed by atoms with Gasteiger partial charge in [0.2, 0.25) is 6.39 Å². The summed E-state index contributed by atoms with van der Waals surface area (Å²) in [6.45, 7) is -0.270. The molecule has 1 rings (SSSR count). The average molecular weight is 239 g/mol. The standard InChI is InChI=1S/C8H12F3N3O2/c9-8(10,11)5-15-4-3-12-2-1-7-13-6-16-14-7/h6,12H,1-5H2. The number of rotatable bonds is 7. The van der Waals surface area contributed by atoms with Gasteiger partial charge in [0, 0.05) is 19.5 Å². The molecule has 0 aliphatic rings. The lowest BCUT2D eigenvalue weighted by atomic mass is 10.4. The first kappa shape index (κ1) is 12.9. The molecule has 16 heavy (non-hydrogen) atoms. The van der Waals surface area contributed by atoms with E-state index in [4.69, 9.17) is 0 Å². The molecular weight excluding hydrogens is 227 g/mol. The lowest BCUT2D eigenvalue weighted by Crippen LogP contribution is -2.25. The first-order chi connectivity index (χ1) is 7.58. The molecule has 0 aliphatic heterocycles. The van der Waals surface area contributed by atoms with E-state index in [0.29, 0.717) is 25.3 Å². The number of hydrogen-bond donors (Lipinski definition) is 1. The number of nitrogens with one attached hydrogen (secondary N) is 1. The van der Waals surface area contributed by atoms with Crippen LogP contribution >= 0.6 is 0 Å². The van der Waals surface area contributed by atoms with Crippen molar-refractivity contribution in [3.8, 4) is 0 Å². The van der Waals surface area contributed by atoms with Gasteiger partial charge in [0.15, 0.2) is 5.82 Å². The molecule has 0 fully saturated rings. The predicted octanol–water partition coefficient (Wildman–Crippen LogP) is 0.781. The summed E-state index contributed by atoms with van der Waals surface area (Å²) in [4.78, 5) is 3.78. The van der Waals surface area contributed by atoms with E-state index in [9.17, 15) is 13.2 Å². The maximum atomic E-state index is 11.6. The van der Waals surface area contributed by atoms with Crippen LogP contribution in [0.25, 0.3) is 0 Å². The lowest BCUT2D eigenvalue weighted by molar-refractivity contribution is -0.173. The van der Waals surface area contributed by atoms with E-state index in [1.807, 2.05) is 0 Å². The molecule has 0 amide bonds. The number of aromatic nitrogens is 2. The molecule has 1 heterocycles. The van der Waals surface area contributed by atoms with Crippen LogP contribution in [0.2, 0.25) is 0 Å². The summed E-state index contributed by atoms with van der Waals surface area (Å²) in [7, 11) is 0. The van der Waals surface area contributed by atoms with E-state index in [-0.39, 0.29) is 6.61 Å². The molecule has 0 saturated carbocycles. The highest BCUT2D eigenvalue weighted by Gasteiger charge is 2.27. The molecule has 0 bridgehead atoms. The van der Waals surface area contributed by atoms with Gasteiger partial charge in [0.25, 0.3) is 0 Å². The second-order valence-corrected chi connectivity index (χ2v) is 3.02. The van der Waals surface area contributed by atoms with Crippen LogP contribution in [0.1, 0.15) is 5.82 Å². The van der Waals surface area contributed by atoms with Crippen molar-refractivity contribution in [2.24, 2.45) is 0 Å². The Labute approximate surface area is 90.0 Å². The number of alkyl halides is 3. The van der Waals surface area contributed by atoms with E-state index in [1.165, 1.54) is 6.39 Å². The molecule has 0 unspecified atom stereocenters. The van der Waals surface area contributed by atoms with Crippen LogP contribution in [0.15, 0.2) is 10.9 Å². The first-order valence-electron chi connectivity index (χ1n) is 4.68. The van der Waals surface area contributed by atoms with E-state index in [0.717, 1.165) is 0 Å². The van der Waals surface area contributed by atoms with Crippen LogP contribution in [-0.4, -0.2) is 42.6 Å². The molecule has 8 heteroatoms. The molecule has 5 nitrogen and oxygen atoms in total. The van der Waals surface area contributed by atoms with Crippen molar-refractivity contribution in [2.75, 3.05) is 26.3 Å². The average Bonchev–Trinajstić information content (AvgIpc) is 2.67. The van der Waals surface area contributed by atoms with Crippen molar-refractivity contribution in [3.05, 3.63) is 12.2 Å². The number of ether oxygens (including phenoxy) is 1. The Morgan fingerprint density at radius 2 is 2.19 bits per heavy atom. The van der Waals surface area contributed by atoms with Crippen molar-refractivity contribution in [1.29, 1.82) is 0 Å². The zero-order chi connectivity index (χ0) is 11.9. The Balaban J connectivity index is 1.89. The quantitative estimate of drug-likeness (QED) is 0.712. The highest BCUT2D eigenvalue weighted by atomic mass is 19.4. The normalized spacial score (nSPS) is 11.9. The fourth-order valence-electron chi connectivity index (χ4n) is 0.960. The topological polar surface area (TPSA) is 60.2 Å². The third kappa shape index (κ3) is 6.36. The summed E-state index contributed by atoms with van der Waals surface area (Å²) < 4.78 is 43.8. The van der Waals surface area contributed by atoms with Crippen molar-refractivity contribution < 1.29 is 22.4 Å². The maximum absolute atomic E-state index is 11.6. The fraction of sp³-hybridized carbons (Fsp3) is 0.750. The minimum absolute atomic E-state index is 0.0196. The Bertz CT molecular complexity index is 277. The summed E-state index contributed by atoms with van der Waals surface area (Å²) in [5.74, 6) is 0.559. The summed E-state index contributed by atoms with van der Waals surface area (Å²) in [6, 6.07) is 0. The zero-order valence-electron chi connectivity index (χ0n) is 8.46. The van der Waals surface area contributed by atoms with Gasteiger partial charge < -0.3 is 14.6 Å². The Morgan fingerprint density at radius 3 is 2.81 bits per heavy atom. The highest BCUT2D eigenvalue weighted by molar-refractivity contribution is 4.78. The molecule has 0 radical (unpaired) electrons. The molecule has 1 N–H and O–H groups in total. The largest absolute Gasteiger partial charge is 0.411 e. The van der Waals surface area contributed by atoms with Crippen LogP contribution in [0.5, 0.6) is 0 Å². The minimum Gasteiger partial charge on any atom is -0.371 e. The van der Waals surface area contributed by atoms with Crippen molar-refractivity contribution >= 4 is 0 Å². The van der Waals surface area contributed by atoms with Crippen molar-refractivity contribution in [2.45, 2.75) is 12.6 Å². The Hall–Kier alpha value is -1.15. The molecule has 0 aliphatic carbocycles. The first-order valence-corrected chi connectivity index (χ1v) is 4.68. The third-order valence-electron chi connectivity index (χ3n) is 1.62. The third-order valence-corrected chi connectivity index (χ3v) is 1.62. The van der Waals surface area contributed by atoms with E-state index in [1.54, 1.807) is 0 Å². The highest BCUT2D eigenvalue weighted by Crippen LogP contribution is 2.13. The maximum Gasteiger partial charge on any atom is 0.411 e. The van der Waals surface area contributed by atoms with Gasteiger partial charge in [-0.05, 0) is 0 Å². The molecule has 0 aromatic carbocycles. The SMILES string of the molecule is FC(F)(F)COCCNCCc1ncon1. The minimum atomic E-state index is -4.26. The van der Waals surface area contributed by atoms with Gasteiger partial charge >= 0.3 is 6.18 Å². The van der Waals surface area contributed by atoms with E-state index >= 15 is 0 Å². The molecule has 1 aromatic heterocycles. The molecule has 92 valence electrons. The van der Waals surface area contributed by atoms with Crippen LogP contribution in [0, 0.1) is 0 Å². The molecule has 0 spiro atoms. The Morgan fingerprint density at radius 1 is 1.38 bits per heavy atom. The van der Waals surface area contributed by atoms with Crippen molar-refractivity contribution in [3.63, 3.8) is 0 Å². The van der Waals surface area contributed by atoms with Gasteiger partial charge in [0.05, 0.1) is 6.61 Å². The summed E-state index contributed by atoms with van der Waals surface area (Å²) >= 11 is 0. The summed E-state index contributed by atoms with van der Waals surface area (Å²) in [5.41, 5.74) is 0. The van der Waals surface area contributed by atoms with E-state index in [2.05, 4.69) is 24.7 Å². The van der Waals surface area contributed by atoms with Gasteiger partial charge in [-0.25, -0.2) is 0 Å². The van der Waals surface area contributed by atoms with Gasteiger partial charge in [-0.1, -0.05) is 5.16 Å². The van der Waals surface area contributed by atoms with E-state index < -0.39 is 12.8 Å². The number of halogens is 3.